The van der Waals surface area contributed by atoms with Gasteiger partial charge >= 0.3 is 0 Å². The number of carbonyl (C=O) groups is 1. The predicted molar refractivity (Wildman–Crippen MR) is 40.7 cm³/mol. The Hall–Kier alpha value is -0.530. The summed E-state index contributed by atoms with van der Waals surface area (Å²) >= 11 is 0. The van der Waals surface area contributed by atoms with Crippen LogP contribution in [0.25, 0.3) is 0 Å². The molecule has 0 radical (unpaired) electrons. The zero-order chi connectivity index (χ0) is 7.99. The van der Waals surface area contributed by atoms with Gasteiger partial charge in [0.05, 0.1) is 0 Å². The molecule has 58 valence electrons. The third kappa shape index (κ3) is 0.825. The number of rotatable bonds is 1. The first-order valence-corrected chi connectivity index (χ1v) is 3.65. The van der Waals surface area contributed by atoms with E-state index in [0.29, 0.717) is 0 Å². The van der Waals surface area contributed by atoms with Gasteiger partial charge in [-0.1, -0.05) is 0 Å². The zero-order valence-corrected chi connectivity index (χ0v) is 7.14. The Labute approximate surface area is 62.2 Å². The Kier molecular flexibility index (Phi) is 1.32. The lowest BCUT2D eigenvalue weighted by atomic mass is 9.73. The van der Waals surface area contributed by atoms with Crippen molar-refractivity contribution in [2.75, 3.05) is 0 Å². The molecule has 2 nitrogen and oxygen atoms in total. The third-order valence-corrected chi connectivity index (χ3v) is 2.27. The Morgan fingerprint density at radius 2 is 1.60 bits per heavy atom. The van der Waals surface area contributed by atoms with Gasteiger partial charge in [0.2, 0.25) is 6.41 Å². The van der Waals surface area contributed by atoms with Crippen molar-refractivity contribution in [1.29, 1.82) is 0 Å². The normalized spacial score (nSPS) is 27.4. The molecule has 0 N–H and O–H groups in total. The lowest BCUT2D eigenvalue weighted by Crippen LogP contribution is -2.67. The van der Waals surface area contributed by atoms with Crippen LogP contribution < -0.4 is 0 Å². The van der Waals surface area contributed by atoms with E-state index in [-0.39, 0.29) is 11.1 Å². The molecule has 0 aromatic rings. The highest BCUT2D eigenvalue weighted by Gasteiger charge is 2.49. The van der Waals surface area contributed by atoms with Crippen molar-refractivity contribution in [1.82, 2.24) is 4.90 Å². The number of carbonyl (C=O) groups excluding carboxylic acids is 1. The molecule has 1 aliphatic rings. The summed E-state index contributed by atoms with van der Waals surface area (Å²) in [5, 5.41) is 0. The van der Waals surface area contributed by atoms with Gasteiger partial charge in [0.1, 0.15) is 0 Å². The monoisotopic (exact) mass is 141 g/mol. The quantitative estimate of drug-likeness (QED) is 0.505. The van der Waals surface area contributed by atoms with E-state index in [1.807, 2.05) is 4.90 Å². The van der Waals surface area contributed by atoms with Crippen molar-refractivity contribution in [2.24, 2.45) is 0 Å². The van der Waals surface area contributed by atoms with Gasteiger partial charge < -0.3 is 4.90 Å². The van der Waals surface area contributed by atoms with Crippen molar-refractivity contribution in [2.45, 2.75) is 45.2 Å². The molecule has 10 heavy (non-hydrogen) atoms. The zero-order valence-electron chi connectivity index (χ0n) is 7.14. The molecule has 1 aliphatic heterocycles. The van der Waals surface area contributed by atoms with Crippen LogP contribution in [0.4, 0.5) is 0 Å². The molecule has 1 amide bonds. The van der Waals surface area contributed by atoms with Crippen LogP contribution in [-0.4, -0.2) is 22.4 Å². The second kappa shape index (κ2) is 1.74. The predicted octanol–water partition coefficient (Wildman–Crippen LogP) is 1.41. The van der Waals surface area contributed by atoms with Crippen LogP contribution in [0.1, 0.15) is 34.1 Å². The minimum absolute atomic E-state index is 0.0885. The standard InChI is InChI=1S/C8H15NO/c1-7(2)5-8(3,4)9(7)6-10/h6H,5H2,1-4H3. The Bertz CT molecular complexity index is 147. The summed E-state index contributed by atoms with van der Waals surface area (Å²) < 4.78 is 0. The van der Waals surface area contributed by atoms with E-state index in [4.69, 9.17) is 0 Å². The molecular formula is C8H15NO. The minimum Gasteiger partial charge on any atom is -0.335 e. The second-order valence-corrected chi connectivity index (χ2v) is 4.28. The van der Waals surface area contributed by atoms with Gasteiger partial charge in [-0.2, -0.15) is 0 Å². The van der Waals surface area contributed by atoms with Crippen LogP contribution in [0.5, 0.6) is 0 Å². The maximum atomic E-state index is 10.5. The van der Waals surface area contributed by atoms with E-state index in [2.05, 4.69) is 27.7 Å². The number of amides is 1. The fourth-order valence-corrected chi connectivity index (χ4v) is 2.24. The molecule has 0 aliphatic carbocycles. The molecule has 0 aromatic heterocycles. The second-order valence-electron chi connectivity index (χ2n) is 4.28. The summed E-state index contributed by atoms with van der Waals surface area (Å²) in [5.74, 6) is 0. The first-order chi connectivity index (χ1) is 4.40. The van der Waals surface area contributed by atoms with E-state index in [0.717, 1.165) is 12.8 Å². The molecule has 0 unspecified atom stereocenters. The summed E-state index contributed by atoms with van der Waals surface area (Å²) in [6, 6.07) is 0. The Balaban J connectivity index is 2.73. The average Bonchev–Trinajstić information content (AvgIpc) is 1.59. The molecule has 2 heteroatoms. The smallest absolute Gasteiger partial charge is 0.210 e. The van der Waals surface area contributed by atoms with Crippen molar-refractivity contribution >= 4 is 6.41 Å². The fourth-order valence-electron chi connectivity index (χ4n) is 2.24. The van der Waals surface area contributed by atoms with E-state index >= 15 is 0 Å². The molecule has 0 bridgehead atoms. The Morgan fingerprint density at radius 1 is 1.20 bits per heavy atom. The van der Waals surface area contributed by atoms with E-state index < -0.39 is 0 Å². The molecule has 0 atom stereocenters. The SMILES string of the molecule is CC1(C)CC(C)(C)N1C=O. The van der Waals surface area contributed by atoms with Gasteiger partial charge in [0.25, 0.3) is 0 Å². The van der Waals surface area contributed by atoms with Crippen molar-refractivity contribution < 1.29 is 4.79 Å². The first-order valence-electron chi connectivity index (χ1n) is 3.65. The van der Waals surface area contributed by atoms with E-state index in [1.165, 1.54) is 0 Å². The van der Waals surface area contributed by atoms with Gasteiger partial charge in [-0.15, -0.1) is 0 Å². The van der Waals surface area contributed by atoms with Crippen LogP contribution in [0.3, 0.4) is 0 Å². The fraction of sp³-hybridized carbons (Fsp3) is 0.875. The highest BCUT2D eigenvalue weighted by Crippen LogP contribution is 2.42. The van der Waals surface area contributed by atoms with Crippen LogP contribution in [0.2, 0.25) is 0 Å². The topological polar surface area (TPSA) is 20.3 Å². The lowest BCUT2D eigenvalue weighted by Gasteiger charge is -2.59. The number of hydrogen-bond donors (Lipinski definition) is 0. The van der Waals surface area contributed by atoms with Crippen LogP contribution >= 0.6 is 0 Å². The lowest BCUT2D eigenvalue weighted by molar-refractivity contribution is -0.151. The average molecular weight is 141 g/mol. The third-order valence-electron chi connectivity index (χ3n) is 2.27. The highest BCUT2D eigenvalue weighted by atomic mass is 16.1. The minimum atomic E-state index is 0.0885. The molecule has 0 aromatic carbocycles. The van der Waals surface area contributed by atoms with Gasteiger partial charge in [-0.05, 0) is 34.1 Å². The molecule has 1 rings (SSSR count). The van der Waals surface area contributed by atoms with Crippen LogP contribution in [0.15, 0.2) is 0 Å². The Morgan fingerprint density at radius 3 is 1.70 bits per heavy atom. The first kappa shape index (κ1) is 7.58. The van der Waals surface area contributed by atoms with Gasteiger partial charge in [-0.25, -0.2) is 0 Å². The molecular weight excluding hydrogens is 126 g/mol. The maximum Gasteiger partial charge on any atom is 0.210 e. The summed E-state index contributed by atoms with van der Waals surface area (Å²) in [4.78, 5) is 12.4. The van der Waals surface area contributed by atoms with Gasteiger partial charge in [0, 0.05) is 11.1 Å². The largest absolute Gasteiger partial charge is 0.335 e. The van der Waals surface area contributed by atoms with Crippen molar-refractivity contribution in [3.8, 4) is 0 Å². The summed E-state index contributed by atoms with van der Waals surface area (Å²) in [6.45, 7) is 8.36. The maximum absolute atomic E-state index is 10.5. The van der Waals surface area contributed by atoms with Crippen molar-refractivity contribution in [3.63, 3.8) is 0 Å². The van der Waals surface area contributed by atoms with E-state index in [1.54, 1.807) is 0 Å². The molecule has 0 spiro atoms. The molecule has 0 saturated carbocycles. The van der Waals surface area contributed by atoms with Crippen LogP contribution in [0, 0.1) is 0 Å². The molecule has 1 heterocycles. The van der Waals surface area contributed by atoms with Gasteiger partial charge in [0.15, 0.2) is 0 Å². The molecule has 1 saturated heterocycles. The van der Waals surface area contributed by atoms with Crippen molar-refractivity contribution in [3.05, 3.63) is 0 Å². The summed E-state index contributed by atoms with van der Waals surface area (Å²) in [7, 11) is 0. The summed E-state index contributed by atoms with van der Waals surface area (Å²) in [5.41, 5.74) is 0.177. The highest BCUT2D eigenvalue weighted by molar-refractivity contribution is 5.53. The van der Waals surface area contributed by atoms with Gasteiger partial charge in [-0.3, -0.25) is 4.79 Å². The number of likely N-dealkylation sites (tertiary alicyclic amines) is 1. The number of hydrogen-bond acceptors (Lipinski definition) is 1. The number of nitrogens with zero attached hydrogens (tertiary/aromatic N) is 1. The van der Waals surface area contributed by atoms with E-state index in [9.17, 15) is 4.79 Å². The van der Waals surface area contributed by atoms with Crippen LogP contribution in [-0.2, 0) is 4.79 Å². The molecule has 1 fully saturated rings. The summed E-state index contributed by atoms with van der Waals surface area (Å²) in [6.07, 6.45) is 2.04.